The number of carboxylic acids is 1. The van der Waals surface area contributed by atoms with E-state index in [1.54, 1.807) is 24.3 Å². The first-order valence-electron chi connectivity index (χ1n) is 7.05. The number of nitrogens with one attached hydrogen (secondary N) is 1. The number of benzene rings is 2. The predicted octanol–water partition coefficient (Wildman–Crippen LogP) is 2.18. The first-order valence-corrected chi connectivity index (χ1v) is 7.05. The van der Waals surface area contributed by atoms with Gasteiger partial charge in [-0.2, -0.15) is 0 Å². The molecule has 1 aliphatic rings. The van der Waals surface area contributed by atoms with Crippen LogP contribution >= 0.6 is 0 Å². The van der Waals surface area contributed by atoms with Crippen LogP contribution in [-0.4, -0.2) is 27.9 Å². The van der Waals surface area contributed by atoms with E-state index >= 15 is 0 Å². The molecule has 1 heterocycles. The first-order chi connectivity index (χ1) is 11.1. The quantitative estimate of drug-likeness (QED) is 0.847. The number of imide groups is 1. The number of hydrogen-bond acceptors (Lipinski definition) is 3. The maximum absolute atomic E-state index is 12.4. The van der Waals surface area contributed by atoms with Crippen LogP contribution in [0.3, 0.4) is 0 Å². The van der Waals surface area contributed by atoms with Crippen LogP contribution in [0.25, 0.3) is 0 Å². The molecule has 23 heavy (non-hydrogen) atoms. The number of carbonyl (C=O) groups excluding carboxylic acids is 2. The lowest BCUT2D eigenvalue weighted by atomic mass is 10.1. The molecule has 0 bridgehead atoms. The maximum atomic E-state index is 12.4. The second-order valence-corrected chi connectivity index (χ2v) is 5.22. The molecule has 1 fully saturated rings. The van der Waals surface area contributed by atoms with Gasteiger partial charge in [0.25, 0.3) is 5.91 Å². The first kappa shape index (κ1) is 14.8. The Morgan fingerprint density at radius 3 is 2.30 bits per heavy atom. The van der Waals surface area contributed by atoms with Crippen molar-refractivity contribution >= 4 is 17.9 Å². The summed E-state index contributed by atoms with van der Waals surface area (Å²) < 4.78 is 0. The fourth-order valence-electron chi connectivity index (χ4n) is 2.48. The molecule has 3 rings (SSSR count). The zero-order valence-electron chi connectivity index (χ0n) is 12.1. The number of urea groups is 1. The average molecular weight is 310 g/mol. The van der Waals surface area contributed by atoms with Gasteiger partial charge < -0.3 is 10.4 Å². The van der Waals surface area contributed by atoms with Gasteiger partial charge in [-0.1, -0.05) is 42.5 Å². The highest BCUT2D eigenvalue weighted by atomic mass is 16.4. The van der Waals surface area contributed by atoms with Gasteiger partial charge in [0.2, 0.25) is 0 Å². The smallest absolute Gasteiger partial charge is 0.335 e. The normalized spacial score (nSPS) is 17.2. The van der Waals surface area contributed by atoms with Crippen molar-refractivity contribution in [3.63, 3.8) is 0 Å². The van der Waals surface area contributed by atoms with Crippen LogP contribution in [0.4, 0.5) is 4.79 Å². The summed E-state index contributed by atoms with van der Waals surface area (Å²) in [5.74, 6) is -1.33. The molecular weight excluding hydrogens is 296 g/mol. The van der Waals surface area contributed by atoms with E-state index in [1.807, 2.05) is 18.2 Å². The molecule has 3 amide bonds. The molecule has 1 atom stereocenters. The lowest BCUT2D eigenvalue weighted by Gasteiger charge is -2.13. The predicted molar refractivity (Wildman–Crippen MR) is 81.7 cm³/mol. The molecule has 0 spiro atoms. The Labute approximate surface area is 132 Å². The molecule has 1 saturated heterocycles. The van der Waals surface area contributed by atoms with Crippen molar-refractivity contribution in [2.75, 3.05) is 0 Å². The summed E-state index contributed by atoms with van der Waals surface area (Å²) >= 11 is 0. The molecule has 0 aliphatic carbocycles. The molecule has 6 heteroatoms. The molecule has 0 saturated carbocycles. The zero-order chi connectivity index (χ0) is 16.4. The van der Waals surface area contributed by atoms with Gasteiger partial charge in [0.15, 0.2) is 0 Å². The second kappa shape index (κ2) is 5.92. The van der Waals surface area contributed by atoms with E-state index in [1.165, 1.54) is 12.1 Å². The van der Waals surface area contributed by atoms with E-state index < -0.39 is 18.0 Å². The van der Waals surface area contributed by atoms with E-state index in [0.717, 1.165) is 10.5 Å². The SMILES string of the molecule is O=C(O)c1ccc(CN2C(=O)NC(c3ccccc3)C2=O)cc1. The number of nitrogens with zero attached hydrogens (tertiary/aromatic N) is 1. The van der Waals surface area contributed by atoms with Gasteiger partial charge in [0.05, 0.1) is 12.1 Å². The number of rotatable bonds is 4. The Morgan fingerprint density at radius 1 is 1.04 bits per heavy atom. The largest absolute Gasteiger partial charge is 0.478 e. The Kier molecular flexibility index (Phi) is 3.80. The average Bonchev–Trinajstić information content (AvgIpc) is 2.84. The third-order valence-electron chi connectivity index (χ3n) is 3.70. The molecule has 6 nitrogen and oxygen atoms in total. The van der Waals surface area contributed by atoms with Crippen molar-refractivity contribution in [2.24, 2.45) is 0 Å². The molecule has 116 valence electrons. The zero-order valence-corrected chi connectivity index (χ0v) is 12.1. The van der Waals surface area contributed by atoms with Crippen molar-refractivity contribution in [1.82, 2.24) is 10.2 Å². The standard InChI is InChI=1S/C17H14N2O4/c20-15-14(12-4-2-1-3-5-12)18-17(23)19(15)10-11-6-8-13(9-7-11)16(21)22/h1-9,14H,10H2,(H,18,23)(H,21,22). The van der Waals surface area contributed by atoms with E-state index in [9.17, 15) is 14.4 Å². The molecule has 2 N–H and O–H groups in total. The van der Waals surface area contributed by atoms with Gasteiger partial charge in [-0.3, -0.25) is 9.69 Å². The van der Waals surface area contributed by atoms with Crippen LogP contribution in [0.1, 0.15) is 27.5 Å². The van der Waals surface area contributed by atoms with Gasteiger partial charge >= 0.3 is 12.0 Å². The highest BCUT2D eigenvalue weighted by Gasteiger charge is 2.38. The van der Waals surface area contributed by atoms with Crippen molar-refractivity contribution in [3.05, 3.63) is 71.3 Å². The highest BCUT2D eigenvalue weighted by Crippen LogP contribution is 2.23. The molecule has 1 aliphatic heterocycles. The lowest BCUT2D eigenvalue weighted by Crippen LogP contribution is -2.30. The Bertz CT molecular complexity index is 756. The Morgan fingerprint density at radius 2 is 1.70 bits per heavy atom. The lowest BCUT2D eigenvalue weighted by molar-refractivity contribution is -0.128. The number of carbonyl (C=O) groups is 3. The van der Waals surface area contributed by atoms with Gasteiger partial charge in [0, 0.05) is 0 Å². The summed E-state index contributed by atoms with van der Waals surface area (Å²) in [6.07, 6.45) is 0. The van der Waals surface area contributed by atoms with Gasteiger partial charge in [-0.05, 0) is 23.3 Å². The van der Waals surface area contributed by atoms with Crippen molar-refractivity contribution in [1.29, 1.82) is 0 Å². The summed E-state index contributed by atoms with van der Waals surface area (Å²) in [6, 6.07) is 14.0. The minimum absolute atomic E-state index is 0.105. The molecule has 1 unspecified atom stereocenters. The van der Waals surface area contributed by atoms with Crippen LogP contribution in [0, 0.1) is 0 Å². The number of aromatic carboxylic acids is 1. The van der Waals surface area contributed by atoms with Crippen LogP contribution in [0.5, 0.6) is 0 Å². The Hall–Kier alpha value is -3.15. The van der Waals surface area contributed by atoms with Crippen LogP contribution in [0.15, 0.2) is 54.6 Å². The third kappa shape index (κ3) is 2.91. The minimum atomic E-state index is -1.02. The molecule has 0 radical (unpaired) electrons. The van der Waals surface area contributed by atoms with Crippen molar-refractivity contribution in [3.8, 4) is 0 Å². The van der Waals surface area contributed by atoms with Gasteiger partial charge in [-0.25, -0.2) is 9.59 Å². The van der Waals surface area contributed by atoms with E-state index in [2.05, 4.69) is 5.32 Å². The molecule has 0 aromatic heterocycles. The Balaban J connectivity index is 1.77. The molecular formula is C17H14N2O4. The fourth-order valence-corrected chi connectivity index (χ4v) is 2.48. The van der Waals surface area contributed by atoms with Crippen molar-refractivity contribution in [2.45, 2.75) is 12.6 Å². The monoisotopic (exact) mass is 310 g/mol. The number of amides is 3. The fraction of sp³-hybridized carbons (Fsp3) is 0.118. The van der Waals surface area contributed by atoms with E-state index in [0.29, 0.717) is 5.56 Å². The summed E-state index contributed by atoms with van der Waals surface area (Å²) in [5.41, 5.74) is 1.58. The van der Waals surface area contributed by atoms with Crippen LogP contribution in [0.2, 0.25) is 0 Å². The van der Waals surface area contributed by atoms with Gasteiger partial charge in [0.1, 0.15) is 6.04 Å². The summed E-state index contributed by atoms with van der Waals surface area (Å²) in [7, 11) is 0. The molecule has 2 aromatic carbocycles. The molecule has 2 aromatic rings. The summed E-state index contributed by atoms with van der Waals surface area (Å²) in [5, 5.41) is 11.5. The summed E-state index contributed by atoms with van der Waals surface area (Å²) in [6.45, 7) is 0.105. The summed E-state index contributed by atoms with van der Waals surface area (Å²) in [4.78, 5) is 36.5. The topological polar surface area (TPSA) is 86.7 Å². The highest BCUT2D eigenvalue weighted by molar-refractivity contribution is 6.04. The number of hydrogen-bond donors (Lipinski definition) is 2. The van der Waals surface area contributed by atoms with Crippen LogP contribution < -0.4 is 5.32 Å². The van der Waals surface area contributed by atoms with E-state index in [4.69, 9.17) is 5.11 Å². The van der Waals surface area contributed by atoms with Crippen molar-refractivity contribution < 1.29 is 19.5 Å². The number of carboxylic acid groups (broad SMARTS) is 1. The second-order valence-electron chi connectivity index (χ2n) is 5.22. The van der Waals surface area contributed by atoms with E-state index in [-0.39, 0.29) is 18.0 Å². The maximum Gasteiger partial charge on any atom is 0.335 e. The third-order valence-corrected chi connectivity index (χ3v) is 3.70. The van der Waals surface area contributed by atoms with Gasteiger partial charge in [-0.15, -0.1) is 0 Å². The minimum Gasteiger partial charge on any atom is -0.478 e. The van der Waals surface area contributed by atoms with Crippen LogP contribution in [-0.2, 0) is 11.3 Å².